The first-order valence-electron chi connectivity index (χ1n) is 9.03. The predicted octanol–water partition coefficient (Wildman–Crippen LogP) is 3.18. The lowest BCUT2D eigenvalue weighted by molar-refractivity contribution is -0.152. The van der Waals surface area contributed by atoms with E-state index < -0.39 is 6.10 Å². The molecule has 1 saturated heterocycles. The molecule has 25 heavy (non-hydrogen) atoms. The van der Waals surface area contributed by atoms with E-state index in [9.17, 15) is 9.59 Å². The number of carbonyl (C=O) groups is 2. The van der Waals surface area contributed by atoms with Crippen molar-refractivity contribution in [3.05, 3.63) is 28.8 Å². The third-order valence-corrected chi connectivity index (χ3v) is 4.84. The van der Waals surface area contributed by atoms with E-state index in [1.165, 1.54) is 0 Å². The van der Waals surface area contributed by atoms with Crippen molar-refractivity contribution in [2.75, 3.05) is 19.7 Å². The maximum Gasteiger partial charge on any atom is 0.309 e. The molecule has 1 fully saturated rings. The third kappa shape index (κ3) is 4.74. The number of esters is 1. The Balaban J connectivity index is 1.94. The first-order valence-corrected chi connectivity index (χ1v) is 9.03. The van der Waals surface area contributed by atoms with E-state index in [-0.39, 0.29) is 17.8 Å². The molecule has 1 aromatic carbocycles. The molecule has 1 aromatic rings. The number of hydrogen-bond acceptors (Lipinski definition) is 4. The van der Waals surface area contributed by atoms with E-state index in [2.05, 4.69) is 6.07 Å². The van der Waals surface area contributed by atoms with Crippen LogP contribution in [0.2, 0.25) is 0 Å². The van der Waals surface area contributed by atoms with Gasteiger partial charge in [-0.3, -0.25) is 9.59 Å². The lowest BCUT2D eigenvalue weighted by Gasteiger charge is -2.32. The molecular formula is C20H29NO4. The van der Waals surface area contributed by atoms with Crippen LogP contribution in [0.4, 0.5) is 0 Å². The number of benzene rings is 1. The van der Waals surface area contributed by atoms with Crippen LogP contribution in [-0.2, 0) is 14.3 Å². The number of piperidine rings is 1. The normalized spacial score (nSPS) is 16.4. The Kier molecular flexibility index (Phi) is 6.45. The molecule has 0 saturated carbocycles. The number of likely N-dealkylation sites (tertiary alicyclic amines) is 1. The van der Waals surface area contributed by atoms with Gasteiger partial charge in [0.2, 0.25) is 0 Å². The van der Waals surface area contributed by atoms with Gasteiger partial charge in [-0.05, 0) is 70.2 Å². The molecule has 1 heterocycles. The van der Waals surface area contributed by atoms with E-state index >= 15 is 0 Å². The van der Waals surface area contributed by atoms with E-state index in [1.807, 2.05) is 33.8 Å². The zero-order valence-electron chi connectivity index (χ0n) is 15.9. The molecule has 0 bridgehead atoms. The summed E-state index contributed by atoms with van der Waals surface area (Å²) >= 11 is 0. The van der Waals surface area contributed by atoms with Gasteiger partial charge in [0.25, 0.3) is 5.91 Å². The summed E-state index contributed by atoms with van der Waals surface area (Å²) in [5, 5.41) is 0. The highest BCUT2D eigenvalue weighted by Crippen LogP contribution is 2.25. The van der Waals surface area contributed by atoms with Crippen molar-refractivity contribution in [2.24, 2.45) is 5.92 Å². The van der Waals surface area contributed by atoms with Gasteiger partial charge >= 0.3 is 5.97 Å². The van der Waals surface area contributed by atoms with Crippen molar-refractivity contribution >= 4 is 11.9 Å². The van der Waals surface area contributed by atoms with E-state index in [0.717, 1.165) is 22.4 Å². The van der Waals surface area contributed by atoms with Gasteiger partial charge < -0.3 is 14.4 Å². The van der Waals surface area contributed by atoms with Gasteiger partial charge in [-0.15, -0.1) is 0 Å². The summed E-state index contributed by atoms with van der Waals surface area (Å²) in [5.74, 6) is 0.493. The van der Waals surface area contributed by atoms with Gasteiger partial charge in [0.05, 0.1) is 12.5 Å². The SMILES string of the molecule is CCOC(=O)C1CCN(C(=O)C(C)Oc2cc(C)cc(C)c2C)CC1. The van der Waals surface area contributed by atoms with E-state index in [1.54, 1.807) is 11.8 Å². The minimum atomic E-state index is -0.543. The number of carbonyl (C=O) groups excluding carboxylic acids is 2. The standard InChI is InChI=1S/C20H29NO4/c1-6-24-20(23)17-7-9-21(10-8-17)19(22)16(5)25-18-12-13(2)11-14(3)15(18)4/h11-12,16-17H,6-10H2,1-5H3. The number of nitrogens with zero attached hydrogens (tertiary/aromatic N) is 1. The summed E-state index contributed by atoms with van der Waals surface area (Å²) in [6, 6.07) is 4.08. The van der Waals surface area contributed by atoms with Gasteiger partial charge in [-0.2, -0.15) is 0 Å². The zero-order chi connectivity index (χ0) is 18.6. The topological polar surface area (TPSA) is 55.8 Å². The first kappa shape index (κ1) is 19.3. The van der Waals surface area contributed by atoms with Crippen LogP contribution in [0.25, 0.3) is 0 Å². The third-order valence-electron chi connectivity index (χ3n) is 4.84. The van der Waals surface area contributed by atoms with E-state index in [4.69, 9.17) is 9.47 Å². The van der Waals surface area contributed by atoms with Crippen molar-refractivity contribution in [1.29, 1.82) is 0 Å². The highest BCUT2D eigenvalue weighted by atomic mass is 16.5. The van der Waals surface area contributed by atoms with Crippen LogP contribution >= 0.6 is 0 Å². The predicted molar refractivity (Wildman–Crippen MR) is 96.7 cm³/mol. The summed E-state index contributed by atoms with van der Waals surface area (Å²) in [5.41, 5.74) is 3.34. The summed E-state index contributed by atoms with van der Waals surface area (Å²) < 4.78 is 11.0. The van der Waals surface area contributed by atoms with Crippen LogP contribution in [-0.4, -0.2) is 42.6 Å². The van der Waals surface area contributed by atoms with Crippen molar-refractivity contribution in [2.45, 2.75) is 53.6 Å². The van der Waals surface area contributed by atoms with Gasteiger partial charge in [0, 0.05) is 13.1 Å². The zero-order valence-corrected chi connectivity index (χ0v) is 15.9. The van der Waals surface area contributed by atoms with Crippen molar-refractivity contribution in [1.82, 2.24) is 4.90 Å². The molecule has 0 spiro atoms. The van der Waals surface area contributed by atoms with Crippen LogP contribution in [0.3, 0.4) is 0 Å². The number of aryl methyl sites for hydroxylation is 2. The summed E-state index contributed by atoms with van der Waals surface area (Å²) in [6.07, 6.45) is 0.763. The van der Waals surface area contributed by atoms with Gasteiger partial charge in [-0.1, -0.05) is 6.07 Å². The molecule has 0 radical (unpaired) electrons. The summed E-state index contributed by atoms with van der Waals surface area (Å²) in [4.78, 5) is 26.3. The molecule has 0 aromatic heterocycles. The molecule has 1 aliphatic rings. The van der Waals surface area contributed by atoms with Crippen molar-refractivity contribution in [3.63, 3.8) is 0 Å². The Morgan fingerprint density at radius 1 is 1.20 bits per heavy atom. The highest BCUT2D eigenvalue weighted by molar-refractivity contribution is 5.81. The average molecular weight is 347 g/mol. The van der Waals surface area contributed by atoms with Gasteiger partial charge in [-0.25, -0.2) is 0 Å². The molecule has 1 aliphatic heterocycles. The van der Waals surface area contributed by atoms with Crippen LogP contribution in [0.15, 0.2) is 12.1 Å². The second-order valence-corrected chi connectivity index (χ2v) is 6.82. The Hall–Kier alpha value is -2.04. The number of hydrogen-bond donors (Lipinski definition) is 0. The minimum absolute atomic E-state index is 0.0270. The van der Waals surface area contributed by atoms with Crippen LogP contribution < -0.4 is 4.74 Å². The number of amides is 1. The van der Waals surface area contributed by atoms with Gasteiger partial charge in [0.15, 0.2) is 6.10 Å². The largest absolute Gasteiger partial charge is 0.481 e. The molecule has 5 heteroatoms. The molecule has 2 rings (SSSR count). The molecular weight excluding hydrogens is 318 g/mol. The second kappa shape index (κ2) is 8.37. The second-order valence-electron chi connectivity index (χ2n) is 6.82. The quantitative estimate of drug-likeness (QED) is 0.768. The molecule has 1 amide bonds. The Labute approximate surface area is 150 Å². The molecule has 0 N–H and O–H groups in total. The van der Waals surface area contributed by atoms with Crippen LogP contribution in [0.1, 0.15) is 43.4 Å². The Bertz CT molecular complexity index is 633. The minimum Gasteiger partial charge on any atom is -0.481 e. The van der Waals surface area contributed by atoms with Crippen LogP contribution in [0.5, 0.6) is 5.75 Å². The fraction of sp³-hybridized carbons (Fsp3) is 0.600. The first-order chi connectivity index (χ1) is 11.8. The fourth-order valence-corrected chi connectivity index (χ4v) is 3.22. The lowest BCUT2D eigenvalue weighted by Crippen LogP contribution is -2.46. The Morgan fingerprint density at radius 2 is 1.84 bits per heavy atom. The molecule has 0 aliphatic carbocycles. The maximum absolute atomic E-state index is 12.7. The summed E-state index contributed by atoms with van der Waals surface area (Å²) in [6.45, 7) is 11.2. The summed E-state index contributed by atoms with van der Waals surface area (Å²) in [7, 11) is 0. The molecule has 5 nitrogen and oxygen atoms in total. The lowest BCUT2D eigenvalue weighted by atomic mass is 9.96. The van der Waals surface area contributed by atoms with Crippen LogP contribution in [0, 0.1) is 26.7 Å². The Morgan fingerprint density at radius 3 is 2.44 bits per heavy atom. The van der Waals surface area contributed by atoms with Crippen molar-refractivity contribution in [3.8, 4) is 5.75 Å². The monoisotopic (exact) mass is 347 g/mol. The van der Waals surface area contributed by atoms with Crippen molar-refractivity contribution < 1.29 is 19.1 Å². The molecule has 1 atom stereocenters. The average Bonchev–Trinajstić information content (AvgIpc) is 2.58. The number of ether oxygens (including phenoxy) is 2. The maximum atomic E-state index is 12.7. The van der Waals surface area contributed by atoms with Gasteiger partial charge in [0.1, 0.15) is 5.75 Å². The molecule has 138 valence electrons. The van der Waals surface area contributed by atoms with E-state index in [0.29, 0.717) is 32.5 Å². The molecule has 1 unspecified atom stereocenters. The fourth-order valence-electron chi connectivity index (χ4n) is 3.22. The number of rotatable bonds is 5. The smallest absolute Gasteiger partial charge is 0.309 e. The highest BCUT2D eigenvalue weighted by Gasteiger charge is 2.30.